The molecule has 18 heavy (non-hydrogen) atoms. The zero-order valence-corrected chi connectivity index (χ0v) is 10.9. The largest absolute Gasteiger partial charge is 0.324 e. The fraction of sp³-hybridized carbons (Fsp3) is 0.500. The molecule has 1 aromatic rings. The molecule has 0 radical (unpaired) electrons. The first-order valence-electron chi connectivity index (χ1n) is 6.20. The van der Waals surface area contributed by atoms with Crippen LogP contribution in [0, 0.1) is 5.92 Å². The number of hydrogen-bond donors (Lipinski definition) is 2. The molecule has 3 N–H and O–H groups in total. The van der Waals surface area contributed by atoms with E-state index in [1.807, 2.05) is 0 Å². The third kappa shape index (κ3) is 1.81. The summed E-state index contributed by atoms with van der Waals surface area (Å²) < 4.78 is 26.7. The molecule has 1 aromatic carbocycles. The topological polar surface area (TPSA) is 75.4 Å². The Balaban J connectivity index is 1.89. The van der Waals surface area contributed by atoms with E-state index < -0.39 is 10.0 Å². The van der Waals surface area contributed by atoms with Gasteiger partial charge in [0.15, 0.2) is 0 Å². The second-order valence-electron chi connectivity index (χ2n) is 5.08. The van der Waals surface area contributed by atoms with Crippen LogP contribution in [0.15, 0.2) is 29.2 Å². The van der Waals surface area contributed by atoms with Crippen LogP contribution in [0.25, 0.3) is 0 Å². The molecule has 98 valence electrons. The number of anilines is 1. The van der Waals surface area contributed by atoms with Gasteiger partial charge in [-0.05, 0) is 49.4 Å². The van der Waals surface area contributed by atoms with Crippen molar-refractivity contribution in [3.8, 4) is 0 Å². The zero-order chi connectivity index (χ0) is 12.8. The first kappa shape index (κ1) is 12.0. The molecule has 2 unspecified atom stereocenters. The Morgan fingerprint density at radius 2 is 1.94 bits per heavy atom. The average Bonchev–Trinajstić information content (AvgIpc) is 3.01. The summed E-state index contributed by atoms with van der Waals surface area (Å²) in [5.74, 6) is 5.84. The van der Waals surface area contributed by atoms with Gasteiger partial charge in [0.2, 0.25) is 10.0 Å². The van der Waals surface area contributed by atoms with Crippen molar-refractivity contribution in [2.45, 2.75) is 30.2 Å². The van der Waals surface area contributed by atoms with E-state index >= 15 is 0 Å². The lowest BCUT2D eigenvalue weighted by Gasteiger charge is -2.26. The molecule has 1 aliphatic heterocycles. The molecule has 2 aliphatic rings. The van der Waals surface area contributed by atoms with Gasteiger partial charge in [-0.3, -0.25) is 5.84 Å². The monoisotopic (exact) mass is 267 g/mol. The molecule has 1 aliphatic carbocycles. The van der Waals surface area contributed by atoms with E-state index in [4.69, 9.17) is 5.84 Å². The quantitative estimate of drug-likeness (QED) is 0.636. The molecule has 0 amide bonds. The number of hydrazine groups is 1. The van der Waals surface area contributed by atoms with E-state index in [9.17, 15) is 8.42 Å². The lowest BCUT2D eigenvalue weighted by Crippen LogP contribution is -2.37. The van der Waals surface area contributed by atoms with Gasteiger partial charge < -0.3 is 5.43 Å². The Bertz CT molecular complexity index is 541. The van der Waals surface area contributed by atoms with Gasteiger partial charge >= 0.3 is 0 Å². The first-order valence-corrected chi connectivity index (χ1v) is 7.64. The molecule has 1 heterocycles. The Labute approximate surface area is 107 Å². The number of nitrogens with two attached hydrogens (primary N) is 1. The Kier molecular flexibility index (Phi) is 2.80. The summed E-state index contributed by atoms with van der Waals surface area (Å²) in [4.78, 5) is 0.356. The highest BCUT2D eigenvalue weighted by Crippen LogP contribution is 2.40. The maximum Gasteiger partial charge on any atom is 0.243 e. The fourth-order valence-corrected chi connectivity index (χ4v) is 4.77. The fourth-order valence-electron chi connectivity index (χ4n) is 3.03. The van der Waals surface area contributed by atoms with Crippen molar-refractivity contribution in [2.24, 2.45) is 11.8 Å². The summed E-state index contributed by atoms with van der Waals surface area (Å²) in [7, 11) is -3.33. The third-order valence-electron chi connectivity index (χ3n) is 3.99. The van der Waals surface area contributed by atoms with Gasteiger partial charge in [-0.25, -0.2) is 8.42 Å². The van der Waals surface area contributed by atoms with Crippen molar-refractivity contribution >= 4 is 15.7 Å². The number of fused-ring (bicyclic) bond motifs is 2. The highest BCUT2D eigenvalue weighted by Gasteiger charge is 2.44. The molecule has 5 nitrogen and oxygen atoms in total. The third-order valence-corrected chi connectivity index (χ3v) is 5.92. The lowest BCUT2D eigenvalue weighted by atomic mass is 10.1. The molecular weight excluding hydrogens is 250 g/mol. The van der Waals surface area contributed by atoms with Gasteiger partial charge in [-0.2, -0.15) is 4.31 Å². The lowest BCUT2D eigenvalue weighted by molar-refractivity contribution is 0.333. The number of rotatable bonds is 3. The van der Waals surface area contributed by atoms with Gasteiger partial charge in [0.1, 0.15) is 0 Å². The van der Waals surface area contributed by atoms with Crippen LogP contribution in [-0.4, -0.2) is 25.3 Å². The molecule has 6 heteroatoms. The first-order chi connectivity index (χ1) is 8.61. The van der Waals surface area contributed by atoms with Gasteiger partial charge in [-0.15, -0.1) is 0 Å². The van der Waals surface area contributed by atoms with Gasteiger partial charge in [0.05, 0.1) is 4.90 Å². The molecule has 1 saturated heterocycles. The van der Waals surface area contributed by atoms with E-state index in [1.165, 1.54) is 6.42 Å². The van der Waals surface area contributed by atoms with Crippen molar-refractivity contribution in [3.63, 3.8) is 0 Å². The van der Waals surface area contributed by atoms with Crippen LogP contribution in [0.3, 0.4) is 0 Å². The van der Waals surface area contributed by atoms with Crippen LogP contribution >= 0.6 is 0 Å². The van der Waals surface area contributed by atoms with E-state index in [0.717, 1.165) is 12.8 Å². The molecule has 2 fully saturated rings. The van der Waals surface area contributed by atoms with E-state index in [-0.39, 0.29) is 6.04 Å². The number of nitrogen functional groups attached to an aromatic ring is 1. The van der Waals surface area contributed by atoms with Crippen molar-refractivity contribution in [2.75, 3.05) is 12.0 Å². The predicted molar refractivity (Wildman–Crippen MR) is 69.3 cm³/mol. The van der Waals surface area contributed by atoms with Crippen LogP contribution in [0.4, 0.5) is 5.69 Å². The predicted octanol–water partition coefficient (Wildman–Crippen LogP) is 1.15. The summed E-state index contributed by atoms with van der Waals surface area (Å²) in [5, 5.41) is 0. The minimum Gasteiger partial charge on any atom is -0.324 e. The smallest absolute Gasteiger partial charge is 0.243 e. The summed E-state index contributed by atoms with van der Waals surface area (Å²) in [6.07, 6.45) is 3.21. The van der Waals surface area contributed by atoms with Crippen LogP contribution in [-0.2, 0) is 10.0 Å². The normalized spacial score (nSPS) is 27.6. The number of hydrogen-bond acceptors (Lipinski definition) is 4. The van der Waals surface area contributed by atoms with E-state index in [2.05, 4.69) is 5.43 Å². The minimum absolute atomic E-state index is 0.215. The van der Waals surface area contributed by atoms with Crippen molar-refractivity contribution in [1.29, 1.82) is 0 Å². The summed E-state index contributed by atoms with van der Waals surface area (Å²) in [6, 6.07) is 6.79. The molecule has 0 spiro atoms. The summed E-state index contributed by atoms with van der Waals surface area (Å²) in [5.41, 5.74) is 3.20. The number of nitrogens with one attached hydrogen (secondary N) is 1. The molecule has 1 saturated carbocycles. The number of piperidine rings is 1. The maximum absolute atomic E-state index is 12.5. The number of benzene rings is 1. The van der Waals surface area contributed by atoms with Crippen LogP contribution < -0.4 is 11.3 Å². The zero-order valence-electron chi connectivity index (χ0n) is 10.0. The standard InChI is InChI=1S/C12H17N3O2S/c13-14-10-2-5-12(6-3-10)18(16,17)15-8-9-1-4-11(15)7-9/h2-3,5-6,9,11,14H,1,4,7-8,13H2. The highest BCUT2D eigenvalue weighted by molar-refractivity contribution is 7.89. The summed E-state index contributed by atoms with van der Waals surface area (Å²) in [6.45, 7) is 0.684. The van der Waals surface area contributed by atoms with Crippen molar-refractivity contribution < 1.29 is 8.42 Å². The Morgan fingerprint density at radius 1 is 1.22 bits per heavy atom. The molecule has 2 atom stereocenters. The minimum atomic E-state index is -3.33. The molecule has 2 bridgehead atoms. The average molecular weight is 267 g/mol. The Morgan fingerprint density at radius 3 is 2.44 bits per heavy atom. The SMILES string of the molecule is NNc1ccc(S(=O)(=O)N2CC3CCC2C3)cc1. The molecular formula is C12H17N3O2S. The highest BCUT2D eigenvalue weighted by atomic mass is 32.2. The second-order valence-corrected chi connectivity index (χ2v) is 6.97. The Hall–Kier alpha value is -1.11. The van der Waals surface area contributed by atoms with Crippen molar-refractivity contribution in [3.05, 3.63) is 24.3 Å². The van der Waals surface area contributed by atoms with E-state index in [0.29, 0.717) is 23.0 Å². The summed E-state index contributed by atoms with van der Waals surface area (Å²) >= 11 is 0. The van der Waals surface area contributed by atoms with Crippen LogP contribution in [0.1, 0.15) is 19.3 Å². The molecule has 0 aromatic heterocycles. The number of sulfonamides is 1. The maximum atomic E-state index is 12.5. The van der Waals surface area contributed by atoms with Crippen LogP contribution in [0.2, 0.25) is 0 Å². The van der Waals surface area contributed by atoms with Gasteiger partial charge in [0.25, 0.3) is 0 Å². The molecule has 3 rings (SSSR count). The van der Waals surface area contributed by atoms with Gasteiger partial charge in [-0.1, -0.05) is 0 Å². The number of nitrogens with zero attached hydrogens (tertiary/aromatic N) is 1. The van der Waals surface area contributed by atoms with Crippen molar-refractivity contribution in [1.82, 2.24) is 4.31 Å². The van der Waals surface area contributed by atoms with E-state index in [1.54, 1.807) is 28.6 Å². The second kappa shape index (κ2) is 4.22. The van der Waals surface area contributed by atoms with Gasteiger partial charge in [0, 0.05) is 18.3 Å². The van der Waals surface area contributed by atoms with Crippen LogP contribution in [0.5, 0.6) is 0 Å².